The first-order chi connectivity index (χ1) is 7.70. The van der Waals surface area contributed by atoms with E-state index in [0.717, 1.165) is 38.5 Å². The molecule has 0 bridgehead atoms. The number of hydrogen-bond donors (Lipinski definition) is 1. The summed E-state index contributed by atoms with van der Waals surface area (Å²) in [5.74, 6) is 0.736. The number of nitrogens with one attached hydrogen (secondary N) is 1. The van der Waals surface area contributed by atoms with Gasteiger partial charge in [0.25, 0.3) is 0 Å². The smallest absolute Gasteiger partial charge is 0.0876 e. The molecule has 0 radical (unpaired) electrons. The predicted octanol–water partition coefficient (Wildman–Crippen LogP) is 3.26. The van der Waals surface area contributed by atoms with Crippen molar-refractivity contribution >= 4 is 0 Å². The molecular weight excluding hydrogens is 198 g/mol. The highest BCUT2D eigenvalue weighted by Gasteiger charge is 2.05. The molecule has 2 nitrogen and oxygen atoms in total. The Hall–Kier alpha value is -0.760. The van der Waals surface area contributed by atoms with Gasteiger partial charge in [-0.2, -0.15) is 0 Å². The fourth-order valence-electron chi connectivity index (χ4n) is 1.77. The van der Waals surface area contributed by atoms with Gasteiger partial charge in [-0.3, -0.25) is 0 Å². The quantitative estimate of drug-likeness (QED) is 0.698. The third kappa shape index (κ3) is 5.36. The Morgan fingerprint density at radius 2 is 2.38 bits per heavy atom. The summed E-state index contributed by atoms with van der Waals surface area (Å²) in [4.78, 5) is 0. The zero-order valence-corrected chi connectivity index (χ0v) is 10.9. The van der Waals surface area contributed by atoms with Crippen molar-refractivity contribution in [1.82, 2.24) is 5.32 Å². The van der Waals surface area contributed by atoms with Crippen LogP contribution in [0, 0.1) is 5.92 Å². The molecule has 0 fully saturated rings. The molecule has 1 N–H and O–H groups in total. The van der Waals surface area contributed by atoms with Gasteiger partial charge in [-0.05, 0) is 56.3 Å². The van der Waals surface area contributed by atoms with Gasteiger partial charge in [0.15, 0.2) is 0 Å². The summed E-state index contributed by atoms with van der Waals surface area (Å²) in [6.45, 7) is 9.72. The minimum atomic E-state index is 0.736. The van der Waals surface area contributed by atoms with E-state index in [1.54, 1.807) is 0 Å². The number of hydrogen-bond acceptors (Lipinski definition) is 2. The van der Waals surface area contributed by atoms with Gasteiger partial charge in [0.2, 0.25) is 0 Å². The predicted molar refractivity (Wildman–Crippen MR) is 69.4 cm³/mol. The lowest BCUT2D eigenvalue weighted by atomic mass is 10.0. The van der Waals surface area contributed by atoms with E-state index in [-0.39, 0.29) is 0 Å². The minimum Gasteiger partial charge on any atom is -0.501 e. The van der Waals surface area contributed by atoms with Gasteiger partial charge in [-0.1, -0.05) is 19.9 Å². The zero-order valence-electron chi connectivity index (χ0n) is 10.9. The maximum Gasteiger partial charge on any atom is 0.0876 e. The molecule has 1 aliphatic rings. The summed E-state index contributed by atoms with van der Waals surface area (Å²) in [7, 11) is 0. The molecule has 0 unspecified atom stereocenters. The average Bonchev–Trinajstić information content (AvgIpc) is 2.29. The van der Waals surface area contributed by atoms with Crippen LogP contribution in [0.2, 0.25) is 0 Å². The fraction of sp³-hybridized carbons (Fsp3) is 0.714. The van der Waals surface area contributed by atoms with Gasteiger partial charge in [0, 0.05) is 0 Å². The standard InChI is InChI=1S/C14H25NO/c1-12(2)10-15-8-4-6-13(3)14-7-5-9-16-11-14/h6,11-12,15H,4-5,7-10H2,1-3H3/b13-6-. The maximum absolute atomic E-state index is 5.34. The van der Waals surface area contributed by atoms with Gasteiger partial charge >= 0.3 is 0 Å². The van der Waals surface area contributed by atoms with E-state index in [2.05, 4.69) is 32.2 Å². The summed E-state index contributed by atoms with van der Waals surface area (Å²) in [6, 6.07) is 0. The van der Waals surface area contributed by atoms with Crippen LogP contribution in [0.4, 0.5) is 0 Å². The molecular formula is C14H25NO. The molecule has 0 aromatic heterocycles. The van der Waals surface area contributed by atoms with Crippen molar-refractivity contribution in [2.24, 2.45) is 5.92 Å². The summed E-state index contributed by atoms with van der Waals surface area (Å²) >= 11 is 0. The third-order valence-electron chi connectivity index (χ3n) is 2.76. The Bertz CT molecular complexity index is 253. The molecule has 0 atom stereocenters. The second-order valence-electron chi connectivity index (χ2n) is 4.89. The summed E-state index contributed by atoms with van der Waals surface area (Å²) < 4.78 is 5.34. The van der Waals surface area contributed by atoms with Gasteiger partial charge in [0.05, 0.1) is 12.9 Å². The van der Waals surface area contributed by atoms with Crippen molar-refractivity contribution in [3.05, 3.63) is 23.5 Å². The van der Waals surface area contributed by atoms with Gasteiger partial charge in [-0.25, -0.2) is 0 Å². The Balaban J connectivity index is 2.20. The molecule has 1 aliphatic heterocycles. The molecule has 0 aromatic rings. The van der Waals surface area contributed by atoms with E-state index in [4.69, 9.17) is 4.74 Å². The number of allylic oxidation sites excluding steroid dienone is 2. The van der Waals surface area contributed by atoms with Crippen molar-refractivity contribution in [2.45, 2.75) is 40.0 Å². The molecule has 0 aliphatic carbocycles. The molecule has 0 saturated heterocycles. The SMILES string of the molecule is C/C(=C/CCNCC(C)C)C1=COCCC1. The van der Waals surface area contributed by atoms with E-state index in [0.29, 0.717) is 0 Å². The normalized spacial score (nSPS) is 17.2. The molecule has 16 heavy (non-hydrogen) atoms. The Kier molecular flexibility index (Phi) is 6.24. The molecule has 2 heteroatoms. The zero-order chi connectivity index (χ0) is 11.8. The molecule has 0 aromatic carbocycles. The van der Waals surface area contributed by atoms with Crippen molar-refractivity contribution in [3.63, 3.8) is 0 Å². The van der Waals surface area contributed by atoms with Gasteiger partial charge in [0.1, 0.15) is 0 Å². The van der Waals surface area contributed by atoms with E-state index < -0.39 is 0 Å². The van der Waals surface area contributed by atoms with Crippen LogP contribution in [-0.2, 0) is 4.74 Å². The van der Waals surface area contributed by atoms with Gasteiger partial charge in [-0.15, -0.1) is 0 Å². The van der Waals surface area contributed by atoms with Crippen LogP contribution < -0.4 is 5.32 Å². The Labute approximate surface area is 99.8 Å². The third-order valence-corrected chi connectivity index (χ3v) is 2.76. The van der Waals surface area contributed by atoms with Crippen molar-refractivity contribution < 1.29 is 4.74 Å². The second-order valence-corrected chi connectivity index (χ2v) is 4.89. The van der Waals surface area contributed by atoms with Gasteiger partial charge < -0.3 is 10.1 Å². The molecule has 92 valence electrons. The molecule has 1 heterocycles. The van der Waals surface area contributed by atoms with Crippen LogP contribution in [0.25, 0.3) is 0 Å². The van der Waals surface area contributed by atoms with Crippen molar-refractivity contribution in [1.29, 1.82) is 0 Å². The summed E-state index contributed by atoms with van der Waals surface area (Å²) in [5.41, 5.74) is 2.75. The molecule has 1 rings (SSSR count). The minimum absolute atomic E-state index is 0.736. The lowest BCUT2D eigenvalue weighted by Crippen LogP contribution is -2.20. The Morgan fingerprint density at radius 1 is 1.56 bits per heavy atom. The molecule has 0 saturated carbocycles. The highest BCUT2D eigenvalue weighted by atomic mass is 16.5. The number of ether oxygens (including phenoxy) is 1. The number of rotatable bonds is 6. The summed E-state index contributed by atoms with van der Waals surface area (Å²) in [6.07, 6.45) is 7.67. The molecule has 0 spiro atoms. The Morgan fingerprint density at radius 3 is 3.00 bits per heavy atom. The fourth-order valence-corrected chi connectivity index (χ4v) is 1.77. The highest BCUT2D eigenvalue weighted by molar-refractivity contribution is 5.28. The van der Waals surface area contributed by atoms with Crippen LogP contribution in [0.15, 0.2) is 23.5 Å². The maximum atomic E-state index is 5.34. The first kappa shape index (κ1) is 13.3. The monoisotopic (exact) mass is 223 g/mol. The van der Waals surface area contributed by atoms with E-state index in [9.17, 15) is 0 Å². The topological polar surface area (TPSA) is 21.3 Å². The first-order valence-corrected chi connectivity index (χ1v) is 6.38. The van der Waals surface area contributed by atoms with Crippen LogP contribution in [0.5, 0.6) is 0 Å². The average molecular weight is 223 g/mol. The lowest BCUT2D eigenvalue weighted by Gasteiger charge is -2.14. The van der Waals surface area contributed by atoms with Crippen molar-refractivity contribution in [3.8, 4) is 0 Å². The molecule has 0 amide bonds. The lowest BCUT2D eigenvalue weighted by molar-refractivity contribution is 0.226. The van der Waals surface area contributed by atoms with E-state index in [1.165, 1.54) is 17.6 Å². The van der Waals surface area contributed by atoms with E-state index in [1.807, 2.05) is 6.26 Å². The van der Waals surface area contributed by atoms with E-state index >= 15 is 0 Å². The highest BCUT2D eigenvalue weighted by Crippen LogP contribution is 2.19. The first-order valence-electron chi connectivity index (χ1n) is 6.38. The largest absolute Gasteiger partial charge is 0.501 e. The van der Waals surface area contributed by atoms with Crippen LogP contribution in [0.1, 0.15) is 40.0 Å². The van der Waals surface area contributed by atoms with Crippen LogP contribution >= 0.6 is 0 Å². The van der Waals surface area contributed by atoms with Crippen molar-refractivity contribution in [2.75, 3.05) is 19.7 Å². The summed E-state index contributed by atoms with van der Waals surface area (Å²) in [5, 5.41) is 3.45. The second kappa shape index (κ2) is 7.50. The van der Waals surface area contributed by atoms with Crippen LogP contribution in [0.3, 0.4) is 0 Å². The van der Waals surface area contributed by atoms with Crippen LogP contribution in [-0.4, -0.2) is 19.7 Å².